The van der Waals surface area contributed by atoms with Crippen LogP contribution in [0.2, 0.25) is 0 Å². The molecule has 0 bridgehead atoms. The molecular weight excluding hydrogens is 227 g/mol. The van der Waals surface area contributed by atoms with Crippen molar-refractivity contribution < 1.29 is 4.74 Å². The average Bonchev–Trinajstić information content (AvgIpc) is 2.70. The second-order valence-electron chi connectivity index (χ2n) is 4.70. The first-order chi connectivity index (χ1) is 8.66. The molecule has 0 amide bonds. The van der Waals surface area contributed by atoms with Crippen LogP contribution in [0.3, 0.4) is 0 Å². The van der Waals surface area contributed by atoms with E-state index in [1.165, 1.54) is 0 Å². The first kappa shape index (κ1) is 12.9. The summed E-state index contributed by atoms with van der Waals surface area (Å²) < 4.78 is 7.44. The van der Waals surface area contributed by atoms with Crippen molar-refractivity contribution in [1.29, 1.82) is 0 Å². The summed E-state index contributed by atoms with van der Waals surface area (Å²) >= 11 is 0. The highest BCUT2D eigenvalue weighted by Gasteiger charge is 2.02. The molecule has 2 aromatic rings. The van der Waals surface area contributed by atoms with Crippen molar-refractivity contribution in [1.82, 2.24) is 19.5 Å². The number of rotatable bonds is 6. The Morgan fingerprint density at radius 1 is 1.33 bits per heavy atom. The lowest BCUT2D eigenvalue weighted by Gasteiger charge is -2.09. The molecule has 0 radical (unpaired) electrons. The highest BCUT2D eigenvalue weighted by atomic mass is 16.5. The fraction of sp³-hybridized carbons (Fsp3) is 0.500. The maximum absolute atomic E-state index is 5.64. The van der Waals surface area contributed by atoms with Crippen LogP contribution >= 0.6 is 0 Å². The number of unbranched alkanes of at least 4 members (excludes halogenated alkanes) is 1. The van der Waals surface area contributed by atoms with E-state index in [0.29, 0.717) is 12.5 Å². The summed E-state index contributed by atoms with van der Waals surface area (Å²) in [6, 6.07) is 3.79. The lowest BCUT2D eigenvalue weighted by Crippen LogP contribution is -2.15. The van der Waals surface area contributed by atoms with Gasteiger partial charge in [-0.15, -0.1) is 5.10 Å². The summed E-state index contributed by atoms with van der Waals surface area (Å²) in [5, 5.41) is 4.39. The van der Waals surface area contributed by atoms with E-state index < -0.39 is 0 Å². The highest BCUT2D eigenvalue weighted by Crippen LogP contribution is 2.07. The maximum atomic E-state index is 5.64. The van der Waals surface area contributed by atoms with Crippen molar-refractivity contribution >= 4 is 19.1 Å². The van der Waals surface area contributed by atoms with Crippen molar-refractivity contribution in [2.75, 3.05) is 27.2 Å². The number of fused-ring (bicyclic) bond motifs is 1. The van der Waals surface area contributed by atoms with Crippen LogP contribution in [0.4, 0.5) is 0 Å². The molecule has 0 saturated carbocycles. The summed E-state index contributed by atoms with van der Waals surface area (Å²) in [5.74, 6) is 0.661. The van der Waals surface area contributed by atoms with Crippen molar-refractivity contribution in [2.24, 2.45) is 0 Å². The monoisotopic (exact) mass is 246 g/mol. The average molecular weight is 246 g/mol. The van der Waals surface area contributed by atoms with Crippen molar-refractivity contribution in [3.8, 4) is 5.88 Å². The summed E-state index contributed by atoms with van der Waals surface area (Å²) in [5.41, 5.74) is 1.87. The smallest absolute Gasteiger partial charge is 0.231 e. The molecule has 2 aromatic heterocycles. The Morgan fingerprint density at radius 2 is 2.17 bits per heavy atom. The van der Waals surface area contributed by atoms with Gasteiger partial charge in [0.05, 0.1) is 6.61 Å². The Kier molecular flexibility index (Phi) is 4.20. The summed E-state index contributed by atoms with van der Waals surface area (Å²) in [4.78, 5) is 6.41. The Bertz CT molecular complexity index is 512. The SMILES string of the molecule is Bc1cnc2ccc(OCCCCN(C)C)nn12. The topological polar surface area (TPSA) is 42.7 Å². The lowest BCUT2D eigenvalue weighted by atomic mass is 10.1. The zero-order valence-electron chi connectivity index (χ0n) is 11.3. The number of imidazole rings is 1. The van der Waals surface area contributed by atoms with Crippen LogP contribution in [0.5, 0.6) is 5.88 Å². The Balaban J connectivity index is 1.86. The van der Waals surface area contributed by atoms with E-state index in [0.717, 1.165) is 30.6 Å². The van der Waals surface area contributed by atoms with E-state index >= 15 is 0 Å². The van der Waals surface area contributed by atoms with Crippen LogP contribution in [-0.4, -0.2) is 54.6 Å². The zero-order valence-corrected chi connectivity index (χ0v) is 11.3. The molecule has 0 saturated heterocycles. The van der Waals surface area contributed by atoms with Crippen LogP contribution in [0.25, 0.3) is 5.65 Å². The number of nitrogens with zero attached hydrogens (tertiary/aromatic N) is 4. The van der Waals surface area contributed by atoms with Gasteiger partial charge < -0.3 is 9.64 Å². The Hall–Kier alpha value is -1.56. The molecule has 0 unspecified atom stereocenters. The molecule has 0 aliphatic heterocycles. The minimum absolute atomic E-state index is 0.661. The minimum atomic E-state index is 0.661. The molecule has 0 aliphatic rings. The quantitative estimate of drug-likeness (QED) is 0.519. The zero-order chi connectivity index (χ0) is 13.0. The Labute approximate surface area is 108 Å². The number of hydrogen-bond donors (Lipinski definition) is 0. The molecule has 96 valence electrons. The van der Waals surface area contributed by atoms with E-state index in [9.17, 15) is 0 Å². The lowest BCUT2D eigenvalue weighted by molar-refractivity contribution is 0.280. The van der Waals surface area contributed by atoms with Gasteiger partial charge in [0.1, 0.15) is 0 Å². The van der Waals surface area contributed by atoms with E-state index in [2.05, 4.69) is 29.1 Å². The predicted octanol–water partition coefficient (Wildman–Crippen LogP) is -0.292. The summed E-state index contributed by atoms with van der Waals surface area (Å²) in [6.07, 6.45) is 3.99. The van der Waals surface area contributed by atoms with Gasteiger partial charge in [0.15, 0.2) is 13.5 Å². The van der Waals surface area contributed by atoms with Crippen LogP contribution in [0, 0.1) is 0 Å². The van der Waals surface area contributed by atoms with E-state index in [1.54, 1.807) is 4.52 Å². The van der Waals surface area contributed by atoms with Gasteiger partial charge in [-0.2, -0.15) is 0 Å². The first-order valence-electron chi connectivity index (χ1n) is 6.26. The van der Waals surface area contributed by atoms with Crippen LogP contribution in [0.1, 0.15) is 12.8 Å². The fourth-order valence-corrected chi connectivity index (χ4v) is 1.75. The second-order valence-corrected chi connectivity index (χ2v) is 4.70. The maximum Gasteiger partial charge on any atom is 0.231 e. The van der Waals surface area contributed by atoms with Gasteiger partial charge in [0, 0.05) is 17.9 Å². The van der Waals surface area contributed by atoms with E-state index in [4.69, 9.17) is 4.74 Å². The second kappa shape index (κ2) is 5.86. The third-order valence-electron chi connectivity index (χ3n) is 2.76. The van der Waals surface area contributed by atoms with Crippen molar-refractivity contribution in [3.63, 3.8) is 0 Å². The molecule has 2 heterocycles. The molecule has 18 heavy (non-hydrogen) atoms. The van der Waals surface area contributed by atoms with Gasteiger partial charge in [-0.3, -0.25) is 0 Å². The van der Waals surface area contributed by atoms with Gasteiger partial charge in [-0.05, 0) is 39.5 Å². The molecule has 2 rings (SSSR count). The molecule has 5 nitrogen and oxygen atoms in total. The van der Waals surface area contributed by atoms with Gasteiger partial charge in [0.25, 0.3) is 0 Å². The fourth-order valence-electron chi connectivity index (χ4n) is 1.75. The van der Waals surface area contributed by atoms with Gasteiger partial charge in [-0.25, -0.2) is 9.50 Å². The third kappa shape index (κ3) is 3.23. The summed E-state index contributed by atoms with van der Waals surface area (Å²) in [6.45, 7) is 1.80. The largest absolute Gasteiger partial charge is 0.477 e. The molecule has 0 aliphatic carbocycles. The molecule has 0 aromatic carbocycles. The van der Waals surface area contributed by atoms with Gasteiger partial charge >= 0.3 is 0 Å². The highest BCUT2D eigenvalue weighted by molar-refractivity contribution is 6.30. The van der Waals surface area contributed by atoms with Gasteiger partial charge in [-0.1, -0.05) is 0 Å². The summed E-state index contributed by atoms with van der Waals surface area (Å²) in [7, 11) is 6.14. The van der Waals surface area contributed by atoms with Gasteiger partial charge in [0.2, 0.25) is 5.88 Å². The van der Waals surface area contributed by atoms with Crippen molar-refractivity contribution in [2.45, 2.75) is 12.8 Å². The molecule has 6 heteroatoms. The number of aromatic nitrogens is 3. The molecule has 0 fully saturated rings. The van der Waals surface area contributed by atoms with E-state index in [-0.39, 0.29) is 0 Å². The predicted molar refractivity (Wildman–Crippen MR) is 74.4 cm³/mol. The standard InChI is InChI=1S/C12H19BN4O/c1-16(2)7-3-4-8-18-12-6-5-11-14-9-10(13)17(11)15-12/h5-6,9H,3-4,7-8,13H2,1-2H3. The molecule has 0 spiro atoms. The molecular formula is C12H19BN4O. The molecule has 0 N–H and O–H groups in total. The van der Waals surface area contributed by atoms with Crippen molar-refractivity contribution in [3.05, 3.63) is 18.3 Å². The van der Waals surface area contributed by atoms with Crippen LogP contribution in [-0.2, 0) is 0 Å². The van der Waals surface area contributed by atoms with Crippen LogP contribution < -0.4 is 10.3 Å². The number of hydrogen-bond acceptors (Lipinski definition) is 4. The number of ether oxygens (including phenoxy) is 1. The third-order valence-corrected chi connectivity index (χ3v) is 2.76. The normalized spacial score (nSPS) is 11.3. The van der Waals surface area contributed by atoms with E-state index in [1.807, 2.05) is 26.2 Å². The minimum Gasteiger partial charge on any atom is -0.477 e. The molecule has 0 atom stereocenters. The first-order valence-corrected chi connectivity index (χ1v) is 6.26. The Morgan fingerprint density at radius 3 is 2.94 bits per heavy atom. The van der Waals surface area contributed by atoms with Crippen LogP contribution in [0.15, 0.2) is 18.3 Å².